The van der Waals surface area contributed by atoms with Crippen molar-refractivity contribution in [3.8, 4) is 0 Å². The molecule has 2 saturated heterocycles. The molecular formula is C18H32IN5O. The highest BCUT2D eigenvalue weighted by Crippen LogP contribution is 2.37. The summed E-state index contributed by atoms with van der Waals surface area (Å²) in [6.07, 6.45) is 4.96. The maximum absolute atomic E-state index is 5.79. The van der Waals surface area contributed by atoms with Gasteiger partial charge in [-0.15, -0.1) is 24.0 Å². The SMILES string of the molecule is CN=C(NCc1c(C)nn(C)c1C)N1CCCC2(CCCOC2)C1.I. The molecule has 0 aliphatic carbocycles. The van der Waals surface area contributed by atoms with Gasteiger partial charge >= 0.3 is 0 Å². The third kappa shape index (κ3) is 4.48. The summed E-state index contributed by atoms with van der Waals surface area (Å²) in [6.45, 7) is 8.93. The number of likely N-dealkylation sites (tertiary alicyclic amines) is 1. The van der Waals surface area contributed by atoms with Crippen molar-refractivity contribution in [3.63, 3.8) is 0 Å². The van der Waals surface area contributed by atoms with Gasteiger partial charge in [-0.25, -0.2) is 0 Å². The van der Waals surface area contributed by atoms with Crippen LogP contribution in [-0.2, 0) is 18.3 Å². The molecule has 2 aliphatic rings. The topological polar surface area (TPSA) is 54.7 Å². The van der Waals surface area contributed by atoms with E-state index in [9.17, 15) is 0 Å². The fraction of sp³-hybridized carbons (Fsp3) is 0.778. The lowest BCUT2D eigenvalue weighted by atomic mass is 9.76. The summed E-state index contributed by atoms with van der Waals surface area (Å²) >= 11 is 0. The van der Waals surface area contributed by atoms with E-state index in [1.165, 1.54) is 36.9 Å². The zero-order valence-corrected chi connectivity index (χ0v) is 18.3. The standard InChI is InChI=1S/C18H31N5O.HI/c1-14-16(15(2)22(4)21-14)11-20-17(19-3)23-9-5-7-18(12-23)8-6-10-24-13-18;/h5-13H2,1-4H3,(H,19,20);1H. The van der Waals surface area contributed by atoms with E-state index in [1.54, 1.807) is 0 Å². The van der Waals surface area contributed by atoms with Crippen molar-refractivity contribution in [2.45, 2.75) is 46.1 Å². The first-order chi connectivity index (χ1) is 11.5. The van der Waals surface area contributed by atoms with Gasteiger partial charge in [-0.05, 0) is 39.5 Å². The minimum absolute atomic E-state index is 0. The predicted octanol–water partition coefficient (Wildman–Crippen LogP) is 2.62. The molecule has 7 heteroatoms. The lowest BCUT2D eigenvalue weighted by Gasteiger charge is -2.45. The van der Waals surface area contributed by atoms with Crippen LogP contribution in [0.1, 0.15) is 42.6 Å². The lowest BCUT2D eigenvalue weighted by Crippen LogP contribution is -2.52. The highest BCUT2D eigenvalue weighted by molar-refractivity contribution is 14.0. The van der Waals surface area contributed by atoms with Gasteiger partial charge in [-0.3, -0.25) is 9.67 Å². The first kappa shape index (κ1) is 20.5. The maximum Gasteiger partial charge on any atom is 0.193 e. The number of ether oxygens (including phenoxy) is 1. The van der Waals surface area contributed by atoms with E-state index in [4.69, 9.17) is 4.74 Å². The highest BCUT2D eigenvalue weighted by Gasteiger charge is 2.38. The molecule has 1 spiro atoms. The molecular weight excluding hydrogens is 429 g/mol. The molecule has 0 radical (unpaired) electrons. The molecule has 0 amide bonds. The van der Waals surface area contributed by atoms with Gasteiger partial charge in [0.15, 0.2) is 5.96 Å². The zero-order valence-electron chi connectivity index (χ0n) is 16.0. The Hall–Kier alpha value is -0.830. The largest absolute Gasteiger partial charge is 0.381 e. The fourth-order valence-corrected chi connectivity index (χ4v) is 4.19. The number of piperidine rings is 1. The molecule has 25 heavy (non-hydrogen) atoms. The molecule has 2 fully saturated rings. The van der Waals surface area contributed by atoms with E-state index in [2.05, 4.69) is 34.2 Å². The summed E-state index contributed by atoms with van der Waals surface area (Å²) in [5, 5.41) is 8.06. The average molecular weight is 461 g/mol. The molecule has 1 aromatic heterocycles. The molecule has 3 heterocycles. The average Bonchev–Trinajstić information content (AvgIpc) is 2.82. The Bertz CT molecular complexity index is 601. The molecule has 6 nitrogen and oxygen atoms in total. The van der Waals surface area contributed by atoms with Gasteiger partial charge in [0.25, 0.3) is 0 Å². The van der Waals surface area contributed by atoms with E-state index >= 15 is 0 Å². The Kier molecular flexibility index (Phi) is 7.13. The Labute approximate surface area is 168 Å². The molecule has 2 aliphatic heterocycles. The van der Waals surface area contributed by atoms with Crippen LogP contribution < -0.4 is 5.32 Å². The van der Waals surface area contributed by atoms with Gasteiger partial charge in [0.1, 0.15) is 0 Å². The number of nitrogens with zero attached hydrogens (tertiary/aromatic N) is 4. The molecule has 0 aromatic carbocycles. The van der Waals surface area contributed by atoms with Crippen LogP contribution in [0.25, 0.3) is 0 Å². The summed E-state index contributed by atoms with van der Waals surface area (Å²) in [5.74, 6) is 1.00. The summed E-state index contributed by atoms with van der Waals surface area (Å²) in [5.41, 5.74) is 3.90. The molecule has 1 unspecified atom stereocenters. The highest BCUT2D eigenvalue weighted by atomic mass is 127. The van der Waals surface area contributed by atoms with Gasteiger partial charge in [0.2, 0.25) is 0 Å². The zero-order chi connectivity index (χ0) is 17.2. The number of nitrogens with one attached hydrogen (secondary N) is 1. The minimum atomic E-state index is 0. The van der Waals surface area contributed by atoms with E-state index < -0.39 is 0 Å². The van der Waals surface area contributed by atoms with E-state index in [1.807, 2.05) is 18.8 Å². The summed E-state index contributed by atoms with van der Waals surface area (Å²) < 4.78 is 7.74. The van der Waals surface area contributed by atoms with Crippen molar-refractivity contribution >= 4 is 29.9 Å². The molecule has 1 atom stereocenters. The van der Waals surface area contributed by atoms with Crippen molar-refractivity contribution in [1.82, 2.24) is 20.0 Å². The predicted molar refractivity (Wildman–Crippen MR) is 112 cm³/mol. The molecule has 0 bridgehead atoms. The minimum Gasteiger partial charge on any atom is -0.381 e. The Morgan fingerprint density at radius 2 is 2.08 bits per heavy atom. The Balaban J connectivity index is 0.00000225. The van der Waals surface area contributed by atoms with Crippen molar-refractivity contribution in [2.24, 2.45) is 17.5 Å². The molecule has 142 valence electrons. The van der Waals surface area contributed by atoms with Crippen LogP contribution >= 0.6 is 24.0 Å². The van der Waals surface area contributed by atoms with Gasteiger partial charge in [0, 0.05) is 57.0 Å². The molecule has 1 aromatic rings. The second kappa shape index (κ2) is 8.70. The monoisotopic (exact) mass is 461 g/mol. The quantitative estimate of drug-likeness (QED) is 0.418. The number of aryl methyl sites for hydroxylation is 2. The van der Waals surface area contributed by atoms with Crippen molar-refractivity contribution < 1.29 is 4.74 Å². The van der Waals surface area contributed by atoms with Crippen LogP contribution in [0.3, 0.4) is 0 Å². The number of hydrogen-bond donors (Lipinski definition) is 1. The van der Waals surface area contributed by atoms with Gasteiger partial charge in [-0.2, -0.15) is 5.10 Å². The first-order valence-electron chi connectivity index (χ1n) is 9.07. The number of guanidine groups is 1. The number of hydrogen-bond acceptors (Lipinski definition) is 3. The van der Waals surface area contributed by atoms with Crippen LogP contribution in [0.15, 0.2) is 4.99 Å². The van der Waals surface area contributed by atoms with E-state index in [0.717, 1.165) is 44.5 Å². The Morgan fingerprint density at radius 1 is 1.32 bits per heavy atom. The number of aliphatic imine (C=N–C) groups is 1. The van der Waals surface area contributed by atoms with Crippen LogP contribution in [0, 0.1) is 19.3 Å². The summed E-state index contributed by atoms with van der Waals surface area (Å²) in [7, 11) is 3.88. The smallest absolute Gasteiger partial charge is 0.193 e. The first-order valence-corrected chi connectivity index (χ1v) is 9.07. The number of halogens is 1. The summed E-state index contributed by atoms with van der Waals surface area (Å²) in [6, 6.07) is 0. The third-order valence-electron chi connectivity index (χ3n) is 5.66. The van der Waals surface area contributed by atoms with Crippen LogP contribution in [0.4, 0.5) is 0 Å². The molecule has 3 rings (SSSR count). The van der Waals surface area contributed by atoms with Crippen LogP contribution in [0.2, 0.25) is 0 Å². The Morgan fingerprint density at radius 3 is 2.68 bits per heavy atom. The number of aromatic nitrogens is 2. The summed E-state index contributed by atoms with van der Waals surface area (Å²) in [4.78, 5) is 6.95. The van der Waals surface area contributed by atoms with Crippen molar-refractivity contribution in [1.29, 1.82) is 0 Å². The van der Waals surface area contributed by atoms with Crippen LogP contribution in [-0.4, -0.2) is 54.0 Å². The fourth-order valence-electron chi connectivity index (χ4n) is 4.19. The normalized spacial score (nSPS) is 24.3. The van der Waals surface area contributed by atoms with E-state index in [-0.39, 0.29) is 24.0 Å². The van der Waals surface area contributed by atoms with Gasteiger partial charge in [0.05, 0.1) is 12.3 Å². The van der Waals surface area contributed by atoms with Gasteiger partial charge < -0.3 is 15.0 Å². The second-order valence-electron chi connectivity index (χ2n) is 7.35. The van der Waals surface area contributed by atoms with Crippen molar-refractivity contribution in [3.05, 3.63) is 17.0 Å². The van der Waals surface area contributed by atoms with Crippen LogP contribution in [0.5, 0.6) is 0 Å². The molecule has 0 saturated carbocycles. The second-order valence-corrected chi connectivity index (χ2v) is 7.35. The number of rotatable bonds is 2. The van der Waals surface area contributed by atoms with E-state index in [0.29, 0.717) is 5.41 Å². The third-order valence-corrected chi connectivity index (χ3v) is 5.66. The van der Waals surface area contributed by atoms with Gasteiger partial charge in [-0.1, -0.05) is 0 Å². The lowest BCUT2D eigenvalue weighted by molar-refractivity contribution is -0.0370. The molecule has 1 N–H and O–H groups in total. The maximum atomic E-state index is 5.79. The van der Waals surface area contributed by atoms with Crippen molar-refractivity contribution in [2.75, 3.05) is 33.4 Å².